The molecule has 1 saturated carbocycles. The Morgan fingerprint density at radius 2 is 1.73 bits per heavy atom. The molecule has 0 radical (unpaired) electrons. The predicted molar refractivity (Wildman–Crippen MR) is 63.9 cm³/mol. The van der Waals surface area contributed by atoms with Crippen LogP contribution >= 0.6 is 0 Å². The highest BCUT2D eigenvalue weighted by Gasteiger charge is 2.30. The Balaban J connectivity index is 1.87. The summed E-state index contributed by atoms with van der Waals surface area (Å²) in [6.45, 7) is 6.07. The Hall–Kier alpha value is -0.120. The van der Waals surface area contributed by atoms with Gasteiger partial charge in [-0.3, -0.25) is 4.90 Å². The Bertz CT molecular complexity index is 199. The van der Waals surface area contributed by atoms with Crippen LogP contribution in [0.3, 0.4) is 0 Å². The van der Waals surface area contributed by atoms with Crippen LogP contribution in [0.25, 0.3) is 0 Å². The fraction of sp³-hybridized carbons (Fsp3) is 1.00. The van der Waals surface area contributed by atoms with Crippen molar-refractivity contribution >= 4 is 0 Å². The van der Waals surface area contributed by atoms with Gasteiger partial charge in [0.2, 0.25) is 0 Å². The van der Waals surface area contributed by atoms with E-state index in [1.165, 1.54) is 45.3 Å². The first kappa shape index (κ1) is 11.4. The zero-order valence-corrected chi connectivity index (χ0v) is 10.2. The highest BCUT2D eigenvalue weighted by molar-refractivity contribution is 4.87. The van der Waals surface area contributed by atoms with Gasteiger partial charge < -0.3 is 10.6 Å². The van der Waals surface area contributed by atoms with Crippen molar-refractivity contribution < 1.29 is 0 Å². The molecule has 0 aromatic carbocycles. The van der Waals surface area contributed by atoms with Gasteiger partial charge in [-0.2, -0.15) is 0 Å². The van der Waals surface area contributed by atoms with Gasteiger partial charge in [-0.05, 0) is 39.7 Å². The molecule has 15 heavy (non-hydrogen) atoms. The largest absolute Gasteiger partial charge is 0.328 e. The van der Waals surface area contributed by atoms with E-state index in [9.17, 15) is 0 Å². The summed E-state index contributed by atoms with van der Waals surface area (Å²) in [6.07, 6.45) is 5.08. The smallest absolute Gasteiger partial charge is 0.0198 e. The van der Waals surface area contributed by atoms with Crippen molar-refractivity contribution in [3.63, 3.8) is 0 Å². The van der Waals surface area contributed by atoms with Gasteiger partial charge in [-0.25, -0.2) is 0 Å². The fourth-order valence-corrected chi connectivity index (χ4v) is 3.13. The monoisotopic (exact) mass is 211 g/mol. The molecule has 0 aromatic rings. The van der Waals surface area contributed by atoms with E-state index in [-0.39, 0.29) is 0 Å². The van der Waals surface area contributed by atoms with Gasteiger partial charge in [0.1, 0.15) is 0 Å². The Morgan fingerprint density at radius 1 is 1.07 bits per heavy atom. The molecule has 0 aromatic heterocycles. The van der Waals surface area contributed by atoms with Gasteiger partial charge >= 0.3 is 0 Å². The highest BCUT2D eigenvalue weighted by atomic mass is 15.3. The van der Waals surface area contributed by atoms with Crippen LogP contribution in [0.5, 0.6) is 0 Å². The second-order valence-corrected chi connectivity index (χ2v) is 5.42. The van der Waals surface area contributed by atoms with Crippen molar-refractivity contribution in [3.05, 3.63) is 0 Å². The molecule has 2 fully saturated rings. The van der Waals surface area contributed by atoms with Crippen molar-refractivity contribution in [1.82, 2.24) is 9.80 Å². The van der Waals surface area contributed by atoms with E-state index in [0.717, 1.165) is 12.1 Å². The van der Waals surface area contributed by atoms with Crippen molar-refractivity contribution in [2.45, 2.75) is 50.7 Å². The van der Waals surface area contributed by atoms with Crippen LogP contribution in [0.4, 0.5) is 0 Å². The lowest BCUT2D eigenvalue weighted by molar-refractivity contribution is 0.0436. The normalized spacial score (nSPS) is 40.6. The van der Waals surface area contributed by atoms with Gasteiger partial charge in [0.05, 0.1) is 0 Å². The summed E-state index contributed by atoms with van der Waals surface area (Å²) in [4.78, 5) is 5.15. The van der Waals surface area contributed by atoms with E-state index in [1.54, 1.807) is 0 Å². The summed E-state index contributed by atoms with van der Waals surface area (Å²) in [5.41, 5.74) is 5.96. The van der Waals surface area contributed by atoms with Crippen LogP contribution in [0.15, 0.2) is 0 Å². The molecule has 0 bridgehead atoms. The number of hydrogen-bond acceptors (Lipinski definition) is 3. The van der Waals surface area contributed by atoms with Gasteiger partial charge in [-0.15, -0.1) is 0 Å². The standard InChI is InChI=1S/C12H25N3/c1-10-9-14(2)7-8-15(10)12-5-3-11(13)4-6-12/h10-12H,3-9,13H2,1-2H3. The first-order valence-electron chi connectivity index (χ1n) is 6.36. The quantitative estimate of drug-likeness (QED) is 0.699. The maximum Gasteiger partial charge on any atom is 0.0198 e. The SMILES string of the molecule is CC1CN(C)CCN1C1CCC(N)CC1. The summed E-state index contributed by atoms with van der Waals surface area (Å²) in [7, 11) is 2.23. The van der Waals surface area contributed by atoms with E-state index in [1.807, 2.05) is 0 Å². The number of likely N-dealkylation sites (N-methyl/N-ethyl adjacent to an activating group) is 1. The summed E-state index contributed by atoms with van der Waals surface area (Å²) >= 11 is 0. The zero-order valence-electron chi connectivity index (χ0n) is 10.2. The predicted octanol–water partition coefficient (Wildman–Crippen LogP) is 0.892. The highest BCUT2D eigenvalue weighted by Crippen LogP contribution is 2.25. The fourth-order valence-electron chi connectivity index (χ4n) is 3.13. The number of piperazine rings is 1. The molecule has 1 saturated heterocycles. The topological polar surface area (TPSA) is 32.5 Å². The molecule has 1 heterocycles. The van der Waals surface area contributed by atoms with Crippen LogP contribution in [-0.2, 0) is 0 Å². The Kier molecular flexibility index (Phi) is 3.65. The van der Waals surface area contributed by atoms with Crippen LogP contribution in [0.2, 0.25) is 0 Å². The van der Waals surface area contributed by atoms with Crippen molar-refractivity contribution in [1.29, 1.82) is 0 Å². The first-order chi connectivity index (χ1) is 7.16. The average molecular weight is 211 g/mol. The summed E-state index contributed by atoms with van der Waals surface area (Å²) in [6, 6.07) is 2.01. The lowest BCUT2D eigenvalue weighted by Crippen LogP contribution is -2.55. The maximum atomic E-state index is 5.96. The molecule has 1 atom stereocenters. The molecule has 2 rings (SSSR count). The van der Waals surface area contributed by atoms with E-state index in [4.69, 9.17) is 5.73 Å². The van der Waals surface area contributed by atoms with Crippen molar-refractivity contribution in [2.75, 3.05) is 26.7 Å². The summed E-state index contributed by atoms with van der Waals surface area (Å²) < 4.78 is 0. The third-order valence-electron chi connectivity index (χ3n) is 4.09. The summed E-state index contributed by atoms with van der Waals surface area (Å²) in [5, 5.41) is 0. The Morgan fingerprint density at radius 3 is 2.33 bits per heavy atom. The minimum Gasteiger partial charge on any atom is -0.328 e. The number of nitrogens with zero attached hydrogens (tertiary/aromatic N) is 2. The van der Waals surface area contributed by atoms with Crippen LogP contribution in [-0.4, -0.2) is 54.6 Å². The van der Waals surface area contributed by atoms with E-state index in [2.05, 4.69) is 23.8 Å². The molecule has 1 aliphatic carbocycles. The second-order valence-electron chi connectivity index (χ2n) is 5.42. The molecule has 3 nitrogen and oxygen atoms in total. The molecule has 0 amide bonds. The average Bonchev–Trinajstić information content (AvgIpc) is 2.20. The molecular formula is C12H25N3. The van der Waals surface area contributed by atoms with Gasteiger partial charge in [0, 0.05) is 37.8 Å². The minimum absolute atomic E-state index is 0.476. The van der Waals surface area contributed by atoms with Crippen LogP contribution in [0.1, 0.15) is 32.6 Å². The molecule has 0 spiro atoms. The summed E-state index contributed by atoms with van der Waals surface area (Å²) in [5.74, 6) is 0. The van der Waals surface area contributed by atoms with Crippen molar-refractivity contribution in [3.8, 4) is 0 Å². The lowest BCUT2D eigenvalue weighted by atomic mass is 9.89. The number of hydrogen-bond donors (Lipinski definition) is 1. The van der Waals surface area contributed by atoms with Crippen molar-refractivity contribution in [2.24, 2.45) is 5.73 Å². The van der Waals surface area contributed by atoms with Gasteiger partial charge in [0.25, 0.3) is 0 Å². The third-order valence-corrected chi connectivity index (χ3v) is 4.09. The Labute approximate surface area is 93.6 Å². The van der Waals surface area contributed by atoms with Crippen LogP contribution < -0.4 is 5.73 Å². The van der Waals surface area contributed by atoms with E-state index in [0.29, 0.717) is 6.04 Å². The lowest BCUT2D eigenvalue weighted by Gasteiger charge is -2.44. The molecule has 1 unspecified atom stereocenters. The molecule has 2 N–H and O–H groups in total. The second kappa shape index (κ2) is 4.81. The molecule has 3 heteroatoms. The van der Waals surface area contributed by atoms with Crippen LogP contribution in [0, 0.1) is 0 Å². The molecule has 2 aliphatic rings. The zero-order chi connectivity index (χ0) is 10.8. The first-order valence-corrected chi connectivity index (χ1v) is 6.36. The maximum absolute atomic E-state index is 5.96. The number of nitrogens with two attached hydrogens (primary N) is 1. The molecule has 1 aliphatic heterocycles. The molecule has 88 valence electrons. The van der Waals surface area contributed by atoms with Gasteiger partial charge in [-0.1, -0.05) is 0 Å². The van der Waals surface area contributed by atoms with E-state index < -0.39 is 0 Å². The number of rotatable bonds is 1. The van der Waals surface area contributed by atoms with Gasteiger partial charge in [0.15, 0.2) is 0 Å². The molecular weight excluding hydrogens is 186 g/mol. The third kappa shape index (κ3) is 2.71. The van der Waals surface area contributed by atoms with E-state index >= 15 is 0 Å². The minimum atomic E-state index is 0.476.